The number of carbonyl (C=O) groups excluding carboxylic acids is 1. The van der Waals surface area contributed by atoms with Crippen LogP contribution in [0, 0.1) is 5.41 Å². The number of halogens is 1. The van der Waals surface area contributed by atoms with E-state index in [1.54, 1.807) is 14.2 Å². The van der Waals surface area contributed by atoms with Gasteiger partial charge in [0.25, 0.3) is 0 Å². The molecule has 8 heteroatoms. The summed E-state index contributed by atoms with van der Waals surface area (Å²) in [5.74, 6) is 2.57. The molecule has 3 rings (SSSR count). The van der Waals surface area contributed by atoms with Gasteiger partial charge in [0.1, 0.15) is 0 Å². The maximum absolute atomic E-state index is 12.8. The molecule has 0 saturated carbocycles. The molecule has 1 aromatic rings. The van der Waals surface area contributed by atoms with Gasteiger partial charge >= 0.3 is 0 Å². The molecule has 2 heterocycles. The number of carbonyl (C=O) groups is 1. The molecule has 0 radical (unpaired) electrons. The Morgan fingerprint density at radius 3 is 2.28 bits per heavy atom. The maximum Gasteiger partial charge on any atom is 0.222 e. The number of ether oxygens (including phenoxy) is 2. The molecule has 1 N–H and O–H groups in total. The van der Waals surface area contributed by atoms with E-state index >= 15 is 0 Å². The molecule has 1 saturated heterocycles. The highest BCUT2D eigenvalue weighted by Gasteiger charge is 2.53. The second-order valence-corrected chi connectivity index (χ2v) is 9.65. The number of amides is 1. The van der Waals surface area contributed by atoms with Gasteiger partial charge in [0.2, 0.25) is 5.91 Å². The van der Waals surface area contributed by atoms with Crippen LogP contribution in [0.5, 0.6) is 11.5 Å². The van der Waals surface area contributed by atoms with E-state index in [1.807, 2.05) is 24.1 Å². The first kappa shape index (κ1) is 26.5. The fraction of sp³-hybridized carbons (Fsp3) is 0.667. The second kappa shape index (κ2) is 10.5. The van der Waals surface area contributed by atoms with Crippen molar-refractivity contribution in [2.75, 3.05) is 40.9 Å². The largest absolute Gasteiger partial charge is 0.493 e. The number of hydrogen-bond acceptors (Lipinski definition) is 4. The van der Waals surface area contributed by atoms with Crippen molar-refractivity contribution < 1.29 is 14.3 Å². The van der Waals surface area contributed by atoms with Crippen LogP contribution < -0.4 is 14.8 Å². The molecule has 0 spiro atoms. The van der Waals surface area contributed by atoms with E-state index in [-0.39, 0.29) is 40.8 Å². The molecule has 1 amide bonds. The maximum atomic E-state index is 12.8. The van der Waals surface area contributed by atoms with Crippen molar-refractivity contribution in [3.05, 3.63) is 23.3 Å². The number of nitrogens with one attached hydrogen (secondary N) is 1. The van der Waals surface area contributed by atoms with Crippen molar-refractivity contribution in [1.82, 2.24) is 15.1 Å². The minimum atomic E-state index is 0. The Morgan fingerprint density at radius 2 is 1.75 bits per heavy atom. The number of likely N-dealkylation sites (tertiary alicyclic amines) is 1. The van der Waals surface area contributed by atoms with Gasteiger partial charge in [-0.2, -0.15) is 0 Å². The van der Waals surface area contributed by atoms with Gasteiger partial charge in [-0.1, -0.05) is 13.8 Å². The molecule has 2 aliphatic rings. The quantitative estimate of drug-likeness (QED) is 0.250. The SMILES string of the molecule is CN=C(NCCCC(=O)N1CCc2cc(OC)c(OC)cc2C1)N1CC(C)(C)C1(C)C.I. The summed E-state index contributed by atoms with van der Waals surface area (Å²) in [5.41, 5.74) is 2.69. The number of fused-ring (bicyclic) bond motifs is 1. The molecule has 0 unspecified atom stereocenters. The molecule has 0 aromatic heterocycles. The average Bonchev–Trinajstić information content (AvgIpc) is 2.76. The number of rotatable bonds is 6. The van der Waals surface area contributed by atoms with Crippen LogP contribution in [-0.4, -0.2) is 68.1 Å². The van der Waals surface area contributed by atoms with Crippen molar-refractivity contribution in [2.24, 2.45) is 10.4 Å². The Morgan fingerprint density at radius 1 is 1.12 bits per heavy atom. The number of guanidine groups is 1. The molecule has 0 bridgehead atoms. The predicted octanol–water partition coefficient (Wildman–Crippen LogP) is 3.68. The molecule has 32 heavy (non-hydrogen) atoms. The summed E-state index contributed by atoms with van der Waals surface area (Å²) in [5, 5.41) is 3.44. The Kier molecular flexibility index (Phi) is 8.69. The number of aliphatic imine (C=N–C) groups is 1. The van der Waals surface area contributed by atoms with E-state index in [0.29, 0.717) is 18.7 Å². The summed E-state index contributed by atoms with van der Waals surface area (Å²) >= 11 is 0. The van der Waals surface area contributed by atoms with Crippen LogP contribution in [0.1, 0.15) is 51.7 Å². The molecule has 1 aromatic carbocycles. The van der Waals surface area contributed by atoms with Gasteiger partial charge in [-0.05, 0) is 49.9 Å². The van der Waals surface area contributed by atoms with Crippen LogP contribution in [0.15, 0.2) is 17.1 Å². The fourth-order valence-corrected chi connectivity index (χ4v) is 4.39. The predicted molar refractivity (Wildman–Crippen MR) is 139 cm³/mol. The smallest absolute Gasteiger partial charge is 0.222 e. The van der Waals surface area contributed by atoms with Gasteiger partial charge in [-0.25, -0.2) is 0 Å². The Labute approximate surface area is 209 Å². The number of methoxy groups -OCH3 is 2. The highest BCUT2D eigenvalue weighted by atomic mass is 127. The van der Waals surface area contributed by atoms with Gasteiger partial charge in [0, 0.05) is 50.6 Å². The van der Waals surface area contributed by atoms with Gasteiger partial charge in [0.05, 0.1) is 14.2 Å². The lowest BCUT2D eigenvalue weighted by Gasteiger charge is -2.62. The van der Waals surface area contributed by atoms with Gasteiger partial charge in [-0.15, -0.1) is 24.0 Å². The lowest BCUT2D eigenvalue weighted by Crippen LogP contribution is -2.72. The second-order valence-electron chi connectivity index (χ2n) is 9.65. The van der Waals surface area contributed by atoms with Gasteiger partial charge < -0.3 is 24.6 Å². The molecule has 7 nitrogen and oxygen atoms in total. The Bertz CT molecular complexity index is 854. The zero-order chi connectivity index (χ0) is 22.8. The van der Waals surface area contributed by atoms with Crippen LogP contribution in [0.4, 0.5) is 0 Å². The average molecular weight is 559 g/mol. The summed E-state index contributed by atoms with van der Waals surface area (Å²) < 4.78 is 10.8. The normalized spacial score (nSPS) is 18.8. The van der Waals surface area contributed by atoms with Crippen LogP contribution in [0.2, 0.25) is 0 Å². The van der Waals surface area contributed by atoms with E-state index in [0.717, 1.165) is 49.7 Å². The van der Waals surface area contributed by atoms with Gasteiger partial charge in [0.15, 0.2) is 17.5 Å². The van der Waals surface area contributed by atoms with Crippen molar-refractivity contribution >= 4 is 35.8 Å². The number of benzene rings is 1. The zero-order valence-corrected chi connectivity index (χ0v) is 22.9. The molecular weight excluding hydrogens is 519 g/mol. The van der Waals surface area contributed by atoms with E-state index in [2.05, 4.69) is 42.9 Å². The van der Waals surface area contributed by atoms with Crippen molar-refractivity contribution in [3.63, 3.8) is 0 Å². The van der Waals surface area contributed by atoms with E-state index in [1.165, 1.54) is 5.56 Å². The summed E-state index contributed by atoms with van der Waals surface area (Å²) in [6.45, 7) is 12.2. The molecule has 0 aliphatic carbocycles. The third kappa shape index (κ3) is 5.10. The molecule has 0 atom stereocenters. The fourth-order valence-electron chi connectivity index (χ4n) is 4.39. The Hall–Kier alpha value is -1.71. The highest BCUT2D eigenvalue weighted by Crippen LogP contribution is 2.46. The van der Waals surface area contributed by atoms with Crippen molar-refractivity contribution in [1.29, 1.82) is 0 Å². The number of nitrogens with zero attached hydrogens (tertiary/aromatic N) is 3. The number of hydrogen-bond donors (Lipinski definition) is 1. The summed E-state index contributed by atoms with van der Waals surface area (Å²) in [7, 11) is 5.11. The monoisotopic (exact) mass is 558 g/mol. The molecule has 180 valence electrons. The Balaban J connectivity index is 0.00000363. The summed E-state index contributed by atoms with van der Waals surface area (Å²) in [4.78, 5) is 21.5. The van der Waals surface area contributed by atoms with E-state index in [4.69, 9.17) is 9.47 Å². The van der Waals surface area contributed by atoms with E-state index in [9.17, 15) is 4.79 Å². The highest BCUT2D eigenvalue weighted by molar-refractivity contribution is 14.0. The summed E-state index contributed by atoms with van der Waals surface area (Å²) in [6.07, 6.45) is 2.15. The minimum Gasteiger partial charge on any atom is -0.493 e. The minimum absolute atomic E-state index is 0. The van der Waals surface area contributed by atoms with Crippen LogP contribution in [-0.2, 0) is 17.8 Å². The van der Waals surface area contributed by atoms with Crippen LogP contribution >= 0.6 is 24.0 Å². The first-order chi connectivity index (χ1) is 14.6. The summed E-state index contributed by atoms with van der Waals surface area (Å²) in [6, 6.07) is 4.03. The van der Waals surface area contributed by atoms with Crippen molar-refractivity contribution in [2.45, 2.75) is 59.0 Å². The molecule has 2 aliphatic heterocycles. The lowest BCUT2D eigenvalue weighted by atomic mass is 9.65. The van der Waals surface area contributed by atoms with Crippen LogP contribution in [0.3, 0.4) is 0 Å². The van der Waals surface area contributed by atoms with Crippen molar-refractivity contribution in [3.8, 4) is 11.5 Å². The first-order valence-corrected chi connectivity index (χ1v) is 11.1. The zero-order valence-electron chi connectivity index (χ0n) is 20.6. The topological polar surface area (TPSA) is 66.4 Å². The van der Waals surface area contributed by atoms with E-state index < -0.39 is 0 Å². The third-order valence-electron chi connectivity index (χ3n) is 7.27. The van der Waals surface area contributed by atoms with Gasteiger partial charge in [-0.3, -0.25) is 9.79 Å². The third-order valence-corrected chi connectivity index (χ3v) is 7.27. The van der Waals surface area contributed by atoms with Crippen LogP contribution in [0.25, 0.3) is 0 Å². The lowest BCUT2D eigenvalue weighted by molar-refractivity contribution is -0.132. The first-order valence-electron chi connectivity index (χ1n) is 11.1. The molecule has 1 fully saturated rings. The standard InChI is InChI=1S/C24H38N4O3.HI/c1-23(2)16-28(24(23,3)4)22(25-5)26-11-8-9-21(29)27-12-10-17-13-19(30-6)20(31-7)14-18(17)15-27;/h13-14H,8-12,15-16H2,1-7H3,(H,25,26);1H. The molecular formula is C24H39IN4O3.